The Bertz CT molecular complexity index is 419. The molecule has 1 aliphatic rings. The molecule has 1 saturated carbocycles. The minimum atomic E-state index is -0.515. The maximum absolute atomic E-state index is 13.1. The van der Waals surface area contributed by atoms with Gasteiger partial charge >= 0.3 is 5.97 Å². The number of halogens is 1. The molecule has 0 saturated heterocycles. The molecule has 2 N–H and O–H groups in total. The van der Waals surface area contributed by atoms with Crippen molar-refractivity contribution in [3.63, 3.8) is 0 Å². The molecule has 1 aromatic rings. The first-order chi connectivity index (χ1) is 8.54. The van der Waals surface area contributed by atoms with Crippen LogP contribution >= 0.6 is 0 Å². The van der Waals surface area contributed by atoms with E-state index in [9.17, 15) is 9.18 Å². The molecular weight excluding hydrogens is 233 g/mol. The second kappa shape index (κ2) is 5.38. The number of rotatable bonds is 2. The first kappa shape index (κ1) is 12.9. The van der Waals surface area contributed by atoms with Gasteiger partial charge in [0.25, 0.3) is 0 Å². The van der Waals surface area contributed by atoms with Crippen LogP contribution in [0.4, 0.5) is 10.1 Å². The van der Waals surface area contributed by atoms with Gasteiger partial charge in [-0.15, -0.1) is 0 Å². The van der Waals surface area contributed by atoms with Crippen LogP contribution in [0.25, 0.3) is 0 Å². The third-order valence-corrected chi connectivity index (χ3v) is 3.39. The molecule has 1 aliphatic carbocycles. The van der Waals surface area contributed by atoms with E-state index in [2.05, 4.69) is 6.92 Å². The molecule has 0 heterocycles. The number of carbonyl (C=O) groups is 1. The molecule has 1 aromatic carbocycles. The Balaban J connectivity index is 1.99. The SMILES string of the molecule is CC1CCC(OC(=O)c2cc(N)cc(F)c2)CC1. The normalized spacial score (nSPS) is 23.7. The lowest BCUT2D eigenvalue weighted by molar-refractivity contribution is 0.0173. The third-order valence-electron chi connectivity index (χ3n) is 3.39. The van der Waals surface area contributed by atoms with Crippen molar-refractivity contribution in [3.05, 3.63) is 29.6 Å². The average Bonchev–Trinajstić information content (AvgIpc) is 2.31. The summed E-state index contributed by atoms with van der Waals surface area (Å²) in [5.41, 5.74) is 5.92. The van der Waals surface area contributed by atoms with Crippen LogP contribution in [-0.2, 0) is 4.74 Å². The van der Waals surface area contributed by atoms with Gasteiger partial charge in [0, 0.05) is 5.69 Å². The van der Waals surface area contributed by atoms with Crippen molar-refractivity contribution in [1.82, 2.24) is 0 Å². The number of hydrogen-bond donors (Lipinski definition) is 1. The molecule has 3 nitrogen and oxygen atoms in total. The Morgan fingerprint density at radius 2 is 1.94 bits per heavy atom. The molecule has 0 spiro atoms. The standard InChI is InChI=1S/C14H18FNO2/c1-9-2-4-13(5-3-9)18-14(17)10-6-11(15)8-12(16)7-10/h6-9,13H,2-5,16H2,1H3. The van der Waals surface area contributed by atoms with E-state index in [1.165, 1.54) is 12.1 Å². The van der Waals surface area contributed by atoms with Gasteiger partial charge in [0.2, 0.25) is 0 Å². The number of nitrogen functional groups attached to an aromatic ring is 1. The number of ether oxygens (including phenoxy) is 1. The second-order valence-electron chi connectivity index (χ2n) is 5.06. The lowest BCUT2D eigenvalue weighted by Gasteiger charge is -2.26. The zero-order valence-electron chi connectivity index (χ0n) is 10.5. The molecule has 0 bridgehead atoms. The number of carbonyl (C=O) groups excluding carboxylic acids is 1. The van der Waals surface area contributed by atoms with Crippen LogP contribution in [0.3, 0.4) is 0 Å². The number of benzene rings is 1. The van der Waals surface area contributed by atoms with Crippen LogP contribution in [0.2, 0.25) is 0 Å². The lowest BCUT2D eigenvalue weighted by Crippen LogP contribution is -2.23. The quantitative estimate of drug-likeness (QED) is 0.649. The van der Waals surface area contributed by atoms with Crippen LogP contribution in [-0.4, -0.2) is 12.1 Å². The molecule has 18 heavy (non-hydrogen) atoms. The summed E-state index contributed by atoms with van der Waals surface area (Å²) in [6, 6.07) is 3.78. The molecule has 2 rings (SSSR count). The minimum Gasteiger partial charge on any atom is -0.459 e. The first-order valence-electron chi connectivity index (χ1n) is 6.31. The van der Waals surface area contributed by atoms with Crippen molar-refractivity contribution >= 4 is 11.7 Å². The largest absolute Gasteiger partial charge is 0.459 e. The highest BCUT2D eigenvalue weighted by molar-refractivity contribution is 5.90. The summed E-state index contributed by atoms with van der Waals surface area (Å²) in [5.74, 6) is -0.301. The van der Waals surface area contributed by atoms with E-state index in [4.69, 9.17) is 10.5 Å². The Labute approximate surface area is 106 Å². The predicted molar refractivity (Wildman–Crippen MR) is 67.6 cm³/mol. The van der Waals surface area contributed by atoms with Crippen LogP contribution in [0.1, 0.15) is 43.0 Å². The summed E-state index contributed by atoms with van der Waals surface area (Å²) in [4.78, 5) is 11.9. The number of esters is 1. The van der Waals surface area contributed by atoms with Gasteiger partial charge in [-0.2, -0.15) is 0 Å². The highest BCUT2D eigenvalue weighted by Gasteiger charge is 2.22. The van der Waals surface area contributed by atoms with E-state index in [1.807, 2.05) is 0 Å². The van der Waals surface area contributed by atoms with Crippen molar-refractivity contribution in [2.24, 2.45) is 5.92 Å². The zero-order valence-corrected chi connectivity index (χ0v) is 10.5. The molecule has 0 aromatic heterocycles. The van der Waals surface area contributed by atoms with Crippen LogP contribution in [0.5, 0.6) is 0 Å². The highest BCUT2D eigenvalue weighted by Crippen LogP contribution is 2.26. The minimum absolute atomic E-state index is 0.0433. The number of anilines is 1. The fraction of sp³-hybridized carbons (Fsp3) is 0.500. The average molecular weight is 251 g/mol. The van der Waals surface area contributed by atoms with Crippen molar-refractivity contribution < 1.29 is 13.9 Å². The number of hydrogen-bond acceptors (Lipinski definition) is 3. The van der Waals surface area contributed by atoms with E-state index in [-0.39, 0.29) is 17.4 Å². The Morgan fingerprint density at radius 1 is 1.28 bits per heavy atom. The van der Waals surface area contributed by atoms with E-state index in [1.54, 1.807) is 0 Å². The molecule has 1 fully saturated rings. The summed E-state index contributed by atoms with van der Waals surface area (Å²) in [7, 11) is 0. The van der Waals surface area contributed by atoms with Crippen LogP contribution < -0.4 is 5.73 Å². The van der Waals surface area contributed by atoms with Gasteiger partial charge in [0.1, 0.15) is 11.9 Å². The Morgan fingerprint density at radius 3 is 2.56 bits per heavy atom. The number of nitrogens with two attached hydrogens (primary N) is 1. The van der Waals surface area contributed by atoms with E-state index in [0.29, 0.717) is 5.92 Å². The molecule has 4 heteroatoms. The van der Waals surface area contributed by atoms with Gasteiger partial charge in [-0.05, 0) is 49.8 Å². The zero-order chi connectivity index (χ0) is 13.1. The van der Waals surface area contributed by atoms with Crippen molar-refractivity contribution in [2.75, 3.05) is 5.73 Å². The van der Waals surface area contributed by atoms with Crippen LogP contribution in [0, 0.1) is 11.7 Å². The molecule has 0 atom stereocenters. The monoisotopic (exact) mass is 251 g/mol. The van der Waals surface area contributed by atoms with Gasteiger partial charge in [-0.3, -0.25) is 0 Å². The summed E-state index contributed by atoms with van der Waals surface area (Å²) in [6.45, 7) is 2.20. The molecule has 98 valence electrons. The molecular formula is C14H18FNO2. The lowest BCUT2D eigenvalue weighted by atomic mass is 9.89. The van der Waals surface area contributed by atoms with Gasteiger partial charge in [-0.1, -0.05) is 6.92 Å². The fourth-order valence-corrected chi connectivity index (χ4v) is 2.30. The van der Waals surface area contributed by atoms with Crippen molar-refractivity contribution in [2.45, 2.75) is 38.7 Å². The summed E-state index contributed by atoms with van der Waals surface area (Å²) >= 11 is 0. The van der Waals surface area contributed by atoms with Crippen molar-refractivity contribution in [1.29, 1.82) is 0 Å². The Kier molecular flexibility index (Phi) is 3.84. The van der Waals surface area contributed by atoms with E-state index < -0.39 is 11.8 Å². The van der Waals surface area contributed by atoms with Gasteiger partial charge in [0.05, 0.1) is 5.56 Å². The van der Waals surface area contributed by atoms with Crippen LogP contribution in [0.15, 0.2) is 18.2 Å². The smallest absolute Gasteiger partial charge is 0.338 e. The topological polar surface area (TPSA) is 52.3 Å². The summed E-state index contributed by atoms with van der Waals surface area (Å²) < 4.78 is 18.5. The van der Waals surface area contributed by atoms with Gasteiger partial charge < -0.3 is 10.5 Å². The van der Waals surface area contributed by atoms with Gasteiger partial charge in [-0.25, -0.2) is 9.18 Å². The Hall–Kier alpha value is -1.58. The second-order valence-corrected chi connectivity index (χ2v) is 5.06. The third kappa shape index (κ3) is 3.22. The fourth-order valence-electron chi connectivity index (χ4n) is 2.30. The highest BCUT2D eigenvalue weighted by atomic mass is 19.1. The van der Waals surface area contributed by atoms with E-state index in [0.717, 1.165) is 31.7 Å². The molecule has 0 aliphatic heterocycles. The molecule has 0 amide bonds. The first-order valence-corrected chi connectivity index (χ1v) is 6.31. The van der Waals surface area contributed by atoms with Gasteiger partial charge in [0.15, 0.2) is 0 Å². The van der Waals surface area contributed by atoms with Crippen molar-refractivity contribution in [3.8, 4) is 0 Å². The summed E-state index contributed by atoms with van der Waals surface area (Å²) in [5, 5.41) is 0. The molecule has 0 radical (unpaired) electrons. The molecule has 0 unspecified atom stereocenters. The van der Waals surface area contributed by atoms with E-state index >= 15 is 0 Å². The predicted octanol–water partition coefficient (Wildman–Crippen LogP) is 3.14. The maximum atomic E-state index is 13.1. The summed E-state index contributed by atoms with van der Waals surface area (Å²) in [6.07, 6.45) is 3.88. The maximum Gasteiger partial charge on any atom is 0.338 e.